The highest BCUT2D eigenvalue weighted by Crippen LogP contribution is 2.43. The van der Waals surface area contributed by atoms with E-state index < -0.39 is 11.4 Å². The Hall–Kier alpha value is -4.30. The van der Waals surface area contributed by atoms with Gasteiger partial charge in [-0.1, -0.05) is 50.7 Å². The summed E-state index contributed by atoms with van der Waals surface area (Å²) in [7, 11) is 1.61. The summed E-state index contributed by atoms with van der Waals surface area (Å²) in [4.78, 5) is 23.3. The minimum Gasteiger partial charge on any atom is -0.487 e. The van der Waals surface area contributed by atoms with Crippen LogP contribution in [0.25, 0.3) is 22.0 Å². The third-order valence-electron chi connectivity index (χ3n) is 7.63. The van der Waals surface area contributed by atoms with Crippen molar-refractivity contribution >= 4 is 28.6 Å². The fraction of sp³-hybridized carbons (Fsp3) is 0.324. The predicted molar refractivity (Wildman–Crippen MR) is 180 cm³/mol. The first kappa shape index (κ1) is 32.1. The number of fused-ring (bicyclic) bond motifs is 1. The van der Waals surface area contributed by atoms with Crippen LogP contribution in [0.2, 0.25) is 0 Å². The molecule has 0 atom stereocenters. The van der Waals surface area contributed by atoms with Crippen molar-refractivity contribution in [3.05, 3.63) is 96.1 Å². The molecule has 0 amide bonds. The van der Waals surface area contributed by atoms with Crippen LogP contribution in [-0.4, -0.2) is 32.7 Å². The van der Waals surface area contributed by atoms with E-state index in [0.717, 1.165) is 61.1 Å². The predicted octanol–water partition coefficient (Wildman–Crippen LogP) is 8.84. The summed E-state index contributed by atoms with van der Waals surface area (Å²) in [5.41, 5.74) is 5.06. The number of aryl methyl sites for hydroxylation is 1. The summed E-state index contributed by atoms with van der Waals surface area (Å²) >= 11 is 1.67. The number of aliphatic carboxylic acids is 1. The highest BCUT2D eigenvalue weighted by Gasteiger charge is 2.32. The van der Waals surface area contributed by atoms with Crippen LogP contribution in [-0.2, 0) is 24.4 Å². The van der Waals surface area contributed by atoms with Gasteiger partial charge in [0, 0.05) is 63.9 Å². The van der Waals surface area contributed by atoms with Crippen molar-refractivity contribution in [3.8, 4) is 22.8 Å². The maximum absolute atomic E-state index is 12.4. The Labute approximate surface area is 269 Å². The van der Waals surface area contributed by atoms with Gasteiger partial charge in [-0.2, -0.15) is 0 Å². The number of ether oxygens (including phenoxy) is 2. The summed E-state index contributed by atoms with van der Waals surface area (Å²) in [6.07, 6.45) is 4.03. The maximum atomic E-state index is 12.4. The number of carboxylic acids is 1. The average Bonchev–Trinajstić information content (AvgIpc) is 3.26. The summed E-state index contributed by atoms with van der Waals surface area (Å²) in [5.74, 6) is 0.503. The van der Waals surface area contributed by atoms with E-state index in [1.54, 1.807) is 32.7 Å². The zero-order valence-corrected chi connectivity index (χ0v) is 27.9. The first-order valence-corrected chi connectivity index (χ1v) is 15.9. The lowest BCUT2D eigenvalue weighted by molar-refractivity contribution is -0.146. The summed E-state index contributed by atoms with van der Waals surface area (Å²) in [6.45, 7) is 13.3. The molecule has 5 rings (SSSR count). The number of carbonyl (C=O) groups is 1. The Balaban J connectivity index is 1.56. The molecule has 0 aliphatic rings. The van der Waals surface area contributed by atoms with E-state index in [0.29, 0.717) is 18.9 Å². The van der Waals surface area contributed by atoms with Crippen LogP contribution in [0.15, 0.2) is 88.9 Å². The summed E-state index contributed by atoms with van der Waals surface area (Å²) < 4.78 is 13.7. The normalized spacial score (nSPS) is 12.0. The SMILES string of the molecule is COc1ccc(-c2ccc(Sc3c(CC(C)(C)C(=O)O)n(CC(C)(C)C)c4cc(OCc5ccc(C)cn5)ccc34)cc2)cn1. The van der Waals surface area contributed by atoms with Crippen molar-refractivity contribution in [2.75, 3.05) is 7.11 Å². The summed E-state index contributed by atoms with van der Waals surface area (Å²) in [6, 6.07) is 22.4. The molecule has 5 aromatic rings. The van der Waals surface area contributed by atoms with Crippen LogP contribution in [0.3, 0.4) is 0 Å². The van der Waals surface area contributed by atoms with Crippen molar-refractivity contribution in [2.24, 2.45) is 10.8 Å². The smallest absolute Gasteiger partial charge is 0.309 e. The molecule has 0 bridgehead atoms. The quantitative estimate of drug-likeness (QED) is 0.157. The highest BCUT2D eigenvalue weighted by molar-refractivity contribution is 7.99. The van der Waals surface area contributed by atoms with E-state index in [-0.39, 0.29) is 5.41 Å². The van der Waals surface area contributed by atoms with Gasteiger partial charge in [-0.3, -0.25) is 9.78 Å². The Kier molecular flexibility index (Phi) is 9.26. The second-order valence-corrected chi connectivity index (χ2v) is 14.4. The number of benzene rings is 2. The van der Waals surface area contributed by atoms with E-state index in [1.807, 2.05) is 49.6 Å². The standard InChI is InChI=1S/C37H41N3O4S/c1-24-8-12-27(38-20-24)22-44-28-13-16-30-31(18-28)40(23-36(2,3)4)32(19-37(5,6)35(41)42)34(30)45-29-14-9-25(10-15-29)26-11-17-33(43-7)39-21-26/h8-18,20-21H,19,22-23H2,1-7H3,(H,41,42). The third-order valence-corrected chi connectivity index (χ3v) is 8.79. The number of hydrogen-bond donors (Lipinski definition) is 1. The van der Waals surface area contributed by atoms with Crippen molar-refractivity contribution in [2.45, 2.75) is 70.9 Å². The van der Waals surface area contributed by atoms with E-state index >= 15 is 0 Å². The number of hydrogen-bond acceptors (Lipinski definition) is 6. The largest absolute Gasteiger partial charge is 0.487 e. The van der Waals surface area contributed by atoms with Crippen LogP contribution in [0, 0.1) is 17.8 Å². The lowest BCUT2D eigenvalue weighted by atomic mass is 9.87. The zero-order valence-electron chi connectivity index (χ0n) is 27.0. The van der Waals surface area contributed by atoms with Crippen molar-refractivity contribution < 1.29 is 19.4 Å². The lowest BCUT2D eigenvalue weighted by Crippen LogP contribution is -2.28. The molecule has 2 aromatic carbocycles. The molecule has 3 aromatic heterocycles. The van der Waals surface area contributed by atoms with Crippen molar-refractivity contribution in [1.82, 2.24) is 14.5 Å². The molecule has 0 unspecified atom stereocenters. The minimum absolute atomic E-state index is 0.0489. The van der Waals surface area contributed by atoms with Gasteiger partial charge in [0.15, 0.2) is 0 Å². The first-order chi connectivity index (χ1) is 21.3. The molecule has 45 heavy (non-hydrogen) atoms. The van der Waals surface area contributed by atoms with E-state index in [2.05, 4.69) is 71.7 Å². The van der Waals surface area contributed by atoms with Gasteiger partial charge in [-0.05, 0) is 73.7 Å². The van der Waals surface area contributed by atoms with Gasteiger partial charge in [-0.15, -0.1) is 0 Å². The van der Waals surface area contributed by atoms with E-state index in [9.17, 15) is 9.90 Å². The molecular formula is C37H41N3O4S. The number of nitrogens with zero attached hydrogens (tertiary/aromatic N) is 3. The fourth-order valence-corrected chi connectivity index (χ4v) is 6.22. The molecule has 0 aliphatic heterocycles. The van der Waals surface area contributed by atoms with Gasteiger partial charge < -0.3 is 19.1 Å². The van der Waals surface area contributed by atoms with Crippen molar-refractivity contribution in [1.29, 1.82) is 0 Å². The monoisotopic (exact) mass is 623 g/mol. The van der Waals surface area contributed by atoms with Crippen LogP contribution in [0.1, 0.15) is 51.6 Å². The Bertz CT molecular complexity index is 1790. The molecule has 0 saturated heterocycles. The van der Waals surface area contributed by atoms with E-state index in [4.69, 9.17) is 9.47 Å². The first-order valence-electron chi connectivity index (χ1n) is 15.0. The number of methoxy groups -OCH3 is 1. The van der Waals surface area contributed by atoms with Crippen LogP contribution in [0.4, 0.5) is 0 Å². The fourth-order valence-electron chi connectivity index (χ4n) is 5.12. The molecular weight excluding hydrogens is 582 g/mol. The molecule has 8 heteroatoms. The third kappa shape index (κ3) is 7.68. The van der Waals surface area contributed by atoms with Gasteiger partial charge in [0.25, 0.3) is 0 Å². The topological polar surface area (TPSA) is 86.5 Å². The molecule has 234 valence electrons. The van der Waals surface area contributed by atoms with Crippen LogP contribution < -0.4 is 9.47 Å². The Morgan fingerprint density at radius 2 is 1.64 bits per heavy atom. The molecule has 1 N–H and O–H groups in total. The number of carboxylic acid groups (broad SMARTS) is 1. The zero-order chi connectivity index (χ0) is 32.4. The van der Waals surface area contributed by atoms with Gasteiger partial charge in [0.2, 0.25) is 5.88 Å². The lowest BCUT2D eigenvalue weighted by Gasteiger charge is -2.26. The minimum atomic E-state index is -0.957. The van der Waals surface area contributed by atoms with Gasteiger partial charge in [0.05, 0.1) is 23.7 Å². The molecule has 0 fully saturated rings. The molecule has 0 saturated carbocycles. The van der Waals surface area contributed by atoms with Gasteiger partial charge in [0.1, 0.15) is 12.4 Å². The molecule has 0 aliphatic carbocycles. The van der Waals surface area contributed by atoms with Gasteiger partial charge >= 0.3 is 5.97 Å². The molecule has 3 heterocycles. The Morgan fingerprint density at radius 1 is 0.911 bits per heavy atom. The second kappa shape index (κ2) is 13.0. The molecule has 0 spiro atoms. The number of pyridine rings is 2. The maximum Gasteiger partial charge on any atom is 0.309 e. The van der Waals surface area contributed by atoms with Crippen LogP contribution >= 0.6 is 11.8 Å². The van der Waals surface area contributed by atoms with Crippen molar-refractivity contribution in [3.63, 3.8) is 0 Å². The Morgan fingerprint density at radius 3 is 2.24 bits per heavy atom. The highest BCUT2D eigenvalue weighted by atomic mass is 32.2. The number of aromatic nitrogens is 3. The molecule has 7 nitrogen and oxygen atoms in total. The second-order valence-electron chi connectivity index (χ2n) is 13.3. The van der Waals surface area contributed by atoms with Gasteiger partial charge in [-0.25, -0.2) is 4.98 Å². The van der Waals surface area contributed by atoms with E-state index in [1.165, 1.54) is 0 Å². The average molecular weight is 624 g/mol. The van der Waals surface area contributed by atoms with Crippen LogP contribution in [0.5, 0.6) is 11.6 Å². The summed E-state index contributed by atoms with van der Waals surface area (Å²) in [5, 5.41) is 11.2. The molecule has 0 radical (unpaired) electrons. The number of rotatable bonds is 11.